The van der Waals surface area contributed by atoms with Crippen molar-refractivity contribution in [2.75, 3.05) is 17.3 Å². The summed E-state index contributed by atoms with van der Waals surface area (Å²) in [6.45, 7) is 0. The van der Waals surface area contributed by atoms with Crippen molar-refractivity contribution in [1.82, 2.24) is 30.1 Å². The van der Waals surface area contributed by atoms with Gasteiger partial charge in [-0.1, -0.05) is 12.1 Å². The SMILES string of the molecule is CS(=O)(=O)CCc1cc(F)cc(-c2ccnc3nc(-c4n[nH]c5ccc(-c6cncc(NC(=O)C7CC7)c6)cc45)[nH]c23)c1. The number of benzene rings is 2. The van der Waals surface area contributed by atoms with Gasteiger partial charge in [0, 0.05) is 41.1 Å². The maximum Gasteiger partial charge on any atom is 0.227 e. The number of aromatic nitrogens is 6. The lowest BCUT2D eigenvalue weighted by molar-refractivity contribution is -0.117. The number of aryl methyl sites for hydroxylation is 1. The van der Waals surface area contributed by atoms with Crippen LogP contribution in [0, 0.1) is 11.7 Å². The van der Waals surface area contributed by atoms with Gasteiger partial charge in [0.2, 0.25) is 5.91 Å². The van der Waals surface area contributed by atoms with Gasteiger partial charge < -0.3 is 10.3 Å². The molecule has 7 rings (SSSR count). The van der Waals surface area contributed by atoms with Crippen molar-refractivity contribution in [2.45, 2.75) is 19.3 Å². The van der Waals surface area contributed by atoms with Crippen LogP contribution in [0.4, 0.5) is 10.1 Å². The van der Waals surface area contributed by atoms with Crippen LogP contribution < -0.4 is 5.32 Å². The van der Waals surface area contributed by atoms with Crippen LogP contribution in [0.5, 0.6) is 0 Å². The van der Waals surface area contributed by atoms with Crippen LogP contribution in [0.2, 0.25) is 0 Å². The Bertz CT molecular complexity index is 2150. The molecule has 0 spiro atoms. The van der Waals surface area contributed by atoms with E-state index in [-0.39, 0.29) is 24.0 Å². The predicted molar refractivity (Wildman–Crippen MR) is 162 cm³/mol. The summed E-state index contributed by atoms with van der Waals surface area (Å²) in [5.41, 5.74) is 6.66. The Morgan fingerprint density at radius 2 is 1.91 bits per heavy atom. The number of carbonyl (C=O) groups is 1. The number of halogens is 1. The fourth-order valence-electron chi connectivity index (χ4n) is 5.15. The van der Waals surface area contributed by atoms with E-state index < -0.39 is 15.7 Å². The molecule has 4 aromatic heterocycles. The molecule has 2 aromatic carbocycles. The van der Waals surface area contributed by atoms with Gasteiger partial charge >= 0.3 is 0 Å². The molecule has 1 aliphatic rings. The monoisotopic (exact) mass is 595 g/mol. The number of H-pyrrole nitrogens is 2. The summed E-state index contributed by atoms with van der Waals surface area (Å²) >= 11 is 0. The topological polar surface area (TPSA) is 146 Å². The summed E-state index contributed by atoms with van der Waals surface area (Å²) < 4.78 is 37.9. The Balaban J connectivity index is 1.25. The largest absolute Gasteiger partial charge is 0.335 e. The molecule has 4 heterocycles. The number of rotatable bonds is 8. The lowest BCUT2D eigenvalue weighted by atomic mass is 10.0. The molecule has 0 saturated heterocycles. The molecule has 0 radical (unpaired) electrons. The summed E-state index contributed by atoms with van der Waals surface area (Å²) in [7, 11) is -3.19. The molecule has 43 heavy (non-hydrogen) atoms. The average molecular weight is 596 g/mol. The maximum absolute atomic E-state index is 14.6. The van der Waals surface area contributed by atoms with Gasteiger partial charge in [-0.25, -0.2) is 22.8 Å². The minimum Gasteiger partial charge on any atom is -0.335 e. The van der Waals surface area contributed by atoms with Crippen LogP contribution in [-0.2, 0) is 21.1 Å². The normalized spacial score (nSPS) is 13.5. The first-order valence-corrected chi connectivity index (χ1v) is 15.8. The average Bonchev–Trinajstić information content (AvgIpc) is 3.61. The molecule has 0 aliphatic heterocycles. The van der Waals surface area contributed by atoms with Crippen LogP contribution in [-0.4, -0.2) is 56.5 Å². The zero-order chi connectivity index (χ0) is 29.7. The number of amides is 1. The van der Waals surface area contributed by atoms with E-state index in [9.17, 15) is 17.6 Å². The van der Waals surface area contributed by atoms with E-state index in [1.165, 1.54) is 12.1 Å². The number of nitrogens with one attached hydrogen (secondary N) is 3. The van der Waals surface area contributed by atoms with Crippen LogP contribution in [0.25, 0.3) is 55.8 Å². The zero-order valence-electron chi connectivity index (χ0n) is 23.1. The van der Waals surface area contributed by atoms with Crippen LogP contribution >= 0.6 is 0 Å². The molecular weight excluding hydrogens is 569 g/mol. The van der Waals surface area contributed by atoms with Crippen LogP contribution in [0.3, 0.4) is 0 Å². The van der Waals surface area contributed by atoms with Gasteiger partial charge in [-0.05, 0) is 72.4 Å². The summed E-state index contributed by atoms with van der Waals surface area (Å²) in [4.78, 5) is 29.0. The lowest BCUT2D eigenvalue weighted by Crippen LogP contribution is -2.13. The van der Waals surface area contributed by atoms with Gasteiger partial charge in [-0.2, -0.15) is 5.10 Å². The van der Waals surface area contributed by atoms with E-state index in [4.69, 9.17) is 4.98 Å². The molecule has 1 fully saturated rings. The smallest absolute Gasteiger partial charge is 0.227 e. The molecule has 10 nitrogen and oxygen atoms in total. The van der Waals surface area contributed by atoms with Gasteiger partial charge in [-0.3, -0.25) is 14.9 Å². The Morgan fingerprint density at radius 3 is 2.72 bits per heavy atom. The van der Waals surface area contributed by atoms with E-state index in [1.54, 1.807) is 30.7 Å². The minimum absolute atomic E-state index is 0.0211. The van der Waals surface area contributed by atoms with E-state index in [1.807, 2.05) is 24.3 Å². The Morgan fingerprint density at radius 1 is 1.05 bits per heavy atom. The molecule has 0 bridgehead atoms. The molecule has 3 N–H and O–H groups in total. The fraction of sp³-hybridized carbons (Fsp3) is 0.194. The van der Waals surface area contributed by atoms with Gasteiger partial charge in [0.25, 0.3) is 0 Å². The quantitative estimate of drug-likeness (QED) is 0.216. The number of fused-ring (bicyclic) bond motifs is 2. The number of imidazole rings is 1. The number of aromatic amines is 2. The van der Waals surface area contributed by atoms with Crippen molar-refractivity contribution in [2.24, 2.45) is 5.92 Å². The standard InChI is InChI=1S/C31H26FN7O3S/c1-43(41,42)9-7-17-10-20(12-22(32)11-17)24-6-8-34-29-27(24)36-30(37-29)28-25-14-19(4-5-26(25)38-39-28)21-13-23(16-33-15-21)35-31(40)18-2-3-18/h4-6,8,10-16,18H,2-3,7,9H2,1H3,(H,35,40)(H,38,39)(H,34,36,37). The second kappa shape index (κ2) is 10.4. The molecule has 12 heteroatoms. The number of anilines is 1. The van der Waals surface area contributed by atoms with Crippen LogP contribution in [0.15, 0.2) is 67.1 Å². The van der Waals surface area contributed by atoms with Crippen molar-refractivity contribution < 1.29 is 17.6 Å². The van der Waals surface area contributed by atoms with Crippen molar-refractivity contribution in [3.05, 3.63) is 78.5 Å². The lowest BCUT2D eigenvalue weighted by Gasteiger charge is -2.07. The van der Waals surface area contributed by atoms with Crippen molar-refractivity contribution in [3.8, 4) is 33.8 Å². The number of nitrogens with zero attached hydrogens (tertiary/aromatic N) is 4. The molecule has 1 aliphatic carbocycles. The highest BCUT2D eigenvalue weighted by Crippen LogP contribution is 2.34. The second-order valence-corrected chi connectivity index (χ2v) is 13.2. The molecule has 216 valence electrons. The predicted octanol–water partition coefficient (Wildman–Crippen LogP) is 5.30. The third kappa shape index (κ3) is 5.61. The third-order valence-corrected chi connectivity index (χ3v) is 8.44. The zero-order valence-corrected chi connectivity index (χ0v) is 23.9. The summed E-state index contributed by atoms with van der Waals surface area (Å²) in [5.74, 6) is 0.0697. The third-order valence-electron chi connectivity index (χ3n) is 7.50. The minimum atomic E-state index is -3.19. The summed E-state index contributed by atoms with van der Waals surface area (Å²) in [6, 6.07) is 14.1. The summed E-state index contributed by atoms with van der Waals surface area (Å²) in [5, 5.41) is 11.3. The second-order valence-electron chi connectivity index (χ2n) is 10.9. The van der Waals surface area contributed by atoms with E-state index in [0.717, 1.165) is 41.1 Å². The van der Waals surface area contributed by atoms with E-state index in [0.29, 0.717) is 45.1 Å². The van der Waals surface area contributed by atoms with Crippen LogP contribution in [0.1, 0.15) is 18.4 Å². The molecular formula is C31H26FN7O3S. The molecule has 1 amide bonds. The van der Waals surface area contributed by atoms with Gasteiger partial charge in [0.15, 0.2) is 11.5 Å². The van der Waals surface area contributed by atoms with E-state index in [2.05, 4.69) is 30.5 Å². The Kier molecular flexibility index (Phi) is 6.50. The van der Waals surface area contributed by atoms with Crippen molar-refractivity contribution >= 4 is 43.5 Å². The Hall–Kier alpha value is -4.97. The van der Waals surface area contributed by atoms with Gasteiger partial charge in [-0.15, -0.1) is 0 Å². The first-order valence-electron chi connectivity index (χ1n) is 13.8. The summed E-state index contributed by atoms with van der Waals surface area (Å²) in [6.07, 6.45) is 8.20. The number of hydrogen-bond acceptors (Lipinski definition) is 7. The molecule has 1 saturated carbocycles. The van der Waals surface area contributed by atoms with E-state index >= 15 is 0 Å². The number of sulfone groups is 1. The van der Waals surface area contributed by atoms with Gasteiger partial charge in [0.1, 0.15) is 21.3 Å². The first-order chi connectivity index (χ1) is 20.7. The Labute approximate surface area is 245 Å². The number of pyridine rings is 2. The fourth-order valence-corrected chi connectivity index (χ4v) is 5.75. The molecule has 0 unspecified atom stereocenters. The highest BCUT2D eigenvalue weighted by Gasteiger charge is 2.29. The van der Waals surface area contributed by atoms with Crippen molar-refractivity contribution in [1.29, 1.82) is 0 Å². The molecule has 0 atom stereocenters. The van der Waals surface area contributed by atoms with Gasteiger partial charge in [0.05, 0.1) is 28.7 Å². The first kappa shape index (κ1) is 26.9. The highest BCUT2D eigenvalue weighted by atomic mass is 32.2. The number of hydrogen-bond donors (Lipinski definition) is 3. The highest BCUT2D eigenvalue weighted by molar-refractivity contribution is 7.90. The molecule has 6 aromatic rings. The maximum atomic E-state index is 14.6. The van der Waals surface area contributed by atoms with Crippen molar-refractivity contribution in [3.63, 3.8) is 0 Å². The number of carbonyl (C=O) groups excluding carboxylic acids is 1.